The van der Waals surface area contributed by atoms with Crippen LogP contribution in [-0.2, 0) is 13.2 Å². The maximum atomic E-state index is 6.11. The minimum Gasteiger partial charge on any atom is -0.486 e. The number of rotatable bonds is 4. The first-order valence-electron chi connectivity index (χ1n) is 6.81. The van der Waals surface area contributed by atoms with Crippen molar-refractivity contribution < 1.29 is 4.74 Å². The number of aromatic nitrogens is 2. The largest absolute Gasteiger partial charge is 0.486 e. The van der Waals surface area contributed by atoms with E-state index in [0.29, 0.717) is 23.1 Å². The Kier molecular flexibility index (Phi) is 3.71. The SMILES string of the molecule is CCn1nc(COc2cc(N)ccc2Cl)c2ccccc21. The number of benzene rings is 2. The van der Waals surface area contributed by atoms with Crippen LogP contribution in [0.25, 0.3) is 10.9 Å². The number of aryl methyl sites for hydroxylation is 1. The maximum Gasteiger partial charge on any atom is 0.140 e. The summed E-state index contributed by atoms with van der Waals surface area (Å²) in [6.45, 7) is 3.25. The Morgan fingerprint density at radius 1 is 1.24 bits per heavy atom. The Morgan fingerprint density at radius 2 is 2.05 bits per heavy atom. The molecule has 0 radical (unpaired) electrons. The third-order valence-electron chi connectivity index (χ3n) is 3.35. The Balaban J connectivity index is 1.90. The molecule has 3 rings (SSSR count). The van der Waals surface area contributed by atoms with Crippen LogP contribution >= 0.6 is 11.6 Å². The van der Waals surface area contributed by atoms with Crippen LogP contribution in [0.3, 0.4) is 0 Å². The van der Waals surface area contributed by atoms with Crippen LogP contribution in [0.2, 0.25) is 5.02 Å². The van der Waals surface area contributed by atoms with Gasteiger partial charge in [-0.3, -0.25) is 4.68 Å². The van der Waals surface area contributed by atoms with Crippen molar-refractivity contribution in [3.8, 4) is 5.75 Å². The van der Waals surface area contributed by atoms with Crippen LogP contribution in [0.5, 0.6) is 5.75 Å². The normalized spacial score (nSPS) is 11.0. The van der Waals surface area contributed by atoms with E-state index in [1.807, 2.05) is 22.9 Å². The van der Waals surface area contributed by atoms with Gasteiger partial charge < -0.3 is 10.5 Å². The number of ether oxygens (including phenoxy) is 1. The van der Waals surface area contributed by atoms with E-state index in [2.05, 4.69) is 18.1 Å². The summed E-state index contributed by atoms with van der Waals surface area (Å²) in [5.74, 6) is 0.576. The minimum atomic E-state index is 0.358. The number of anilines is 1. The molecule has 108 valence electrons. The molecular formula is C16H16ClN3O. The highest BCUT2D eigenvalue weighted by molar-refractivity contribution is 6.32. The molecular weight excluding hydrogens is 286 g/mol. The van der Waals surface area contributed by atoms with E-state index in [-0.39, 0.29) is 0 Å². The summed E-state index contributed by atoms with van der Waals surface area (Å²) in [6, 6.07) is 13.3. The van der Waals surface area contributed by atoms with Gasteiger partial charge in [-0.1, -0.05) is 29.8 Å². The van der Waals surface area contributed by atoms with Crippen LogP contribution in [0, 0.1) is 0 Å². The molecule has 0 atom stereocenters. The molecule has 0 bridgehead atoms. The van der Waals surface area contributed by atoms with Gasteiger partial charge in [0, 0.05) is 23.7 Å². The van der Waals surface area contributed by atoms with E-state index in [4.69, 9.17) is 22.1 Å². The predicted molar refractivity (Wildman–Crippen MR) is 85.6 cm³/mol. The topological polar surface area (TPSA) is 53.1 Å². The smallest absolute Gasteiger partial charge is 0.140 e. The van der Waals surface area contributed by atoms with Crippen molar-refractivity contribution in [2.45, 2.75) is 20.1 Å². The van der Waals surface area contributed by atoms with Crippen molar-refractivity contribution in [1.29, 1.82) is 0 Å². The fraction of sp³-hybridized carbons (Fsp3) is 0.188. The van der Waals surface area contributed by atoms with Crippen molar-refractivity contribution in [2.24, 2.45) is 0 Å². The first kappa shape index (κ1) is 13.8. The third-order valence-corrected chi connectivity index (χ3v) is 3.67. The number of para-hydroxylation sites is 1. The molecule has 0 aliphatic heterocycles. The summed E-state index contributed by atoms with van der Waals surface area (Å²) < 4.78 is 7.75. The maximum absolute atomic E-state index is 6.11. The van der Waals surface area contributed by atoms with Gasteiger partial charge in [0.2, 0.25) is 0 Å². The van der Waals surface area contributed by atoms with E-state index >= 15 is 0 Å². The number of nitrogen functional groups attached to an aromatic ring is 1. The van der Waals surface area contributed by atoms with Gasteiger partial charge in [0.25, 0.3) is 0 Å². The molecule has 0 saturated heterocycles. The number of halogens is 1. The molecule has 4 nitrogen and oxygen atoms in total. The molecule has 5 heteroatoms. The first-order chi connectivity index (χ1) is 10.2. The molecule has 0 aliphatic carbocycles. The van der Waals surface area contributed by atoms with Crippen molar-refractivity contribution in [3.63, 3.8) is 0 Å². The molecule has 2 aromatic carbocycles. The molecule has 0 aliphatic rings. The molecule has 0 saturated carbocycles. The van der Waals surface area contributed by atoms with Gasteiger partial charge in [-0.2, -0.15) is 5.10 Å². The average molecular weight is 302 g/mol. The zero-order chi connectivity index (χ0) is 14.8. The zero-order valence-electron chi connectivity index (χ0n) is 11.7. The van der Waals surface area contributed by atoms with E-state index in [0.717, 1.165) is 23.1 Å². The Hall–Kier alpha value is -2.20. The summed E-state index contributed by atoms with van der Waals surface area (Å²) in [5, 5.41) is 6.23. The lowest BCUT2D eigenvalue weighted by Crippen LogP contribution is -2.01. The van der Waals surface area contributed by atoms with E-state index in [9.17, 15) is 0 Å². The Labute approximate surface area is 128 Å². The Bertz CT molecular complexity index is 782. The van der Waals surface area contributed by atoms with Gasteiger partial charge in [0.15, 0.2) is 0 Å². The number of nitrogens with two attached hydrogens (primary N) is 1. The lowest BCUT2D eigenvalue weighted by atomic mass is 10.2. The molecule has 0 amide bonds. The summed E-state index contributed by atoms with van der Waals surface area (Å²) in [5.41, 5.74) is 8.38. The van der Waals surface area contributed by atoms with Gasteiger partial charge in [-0.15, -0.1) is 0 Å². The molecule has 0 spiro atoms. The molecule has 1 heterocycles. The van der Waals surface area contributed by atoms with Gasteiger partial charge in [0.1, 0.15) is 18.1 Å². The summed E-state index contributed by atoms with van der Waals surface area (Å²) in [4.78, 5) is 0. The number of hydrogen-bond acceptors (Lipinski definition) is 3. The molecule has 0 unspecified atom stereocenters. The summed E-state index contributed by atoms with van der Waals surface area (Å²) in [6.07, 6.45) is 0. The standard InChI is InChI=1S/C16H16ClN3O/c1-2-20-15-6-4-3-5-12(15)14(19-20)10-21-16-9-11(18)7-8-13(16)17/h3-9H,2,10,18H2,1H3. The number of hydrogen-bond donors (Lipinski definition) is 1. The number of nitrogens with zero attached hydrogens (tertiary/aromatic N) is 2. The minimum absolute atomic E-state index is 0.358. The molecule has 21 heavy (non-hydrogen) atoms. The van der Waals surface area contributed by atoms with Crippen LogP contribution in [0.15, 0.2) is 42.5 Å². The van der Waals surface area contributed by atoms with Crippen LogP contribution in [0.1, 0.15) is 12.6 Å². The van der Waals surface area contributed by atoms with Gasteiger partial charge in [0.05, 0.1) is 10.5 Å². The second kappa shape index (κ2) is 5.66. The third kappa shape index (κ3) is 2.67. The quantitative estimate of drug-likeness (QED) is 0.744. The Morgan fingerprint density at radius 3 is 2.86 bits per heavy atom. The summed E-state index contributed by atoms with van der Waals surface area (Å²) >= 11 is 6.11. The van der Waals surface area contributed by atoms with Crippen LogP contribution < -0.4 is 10.5 Å². The van der Waals surface area contributed by atoms with Crippen LogP contribution in [-0.4, -0.2) is 9.78 Å². The zero-order valence-corrected chi connectivity index (χ0v) is 12.5. The lowest BCUT2D eigenvalue weighted by Gasteiger charge is -2.07. The summed E-state index contributed by atoms with van der Waals surface area (Å²) in [7, 11) is 0. The van der Waals surface area contributed by atoms with E-state index in [1.54, 1.807) is 18.2 Å². The van der Waals surface area contributed by atoms with Crippen molar-refractivity contribution >= 4 is 28.2 Å². The highest BCUT2D eigenvalue weighted by Gasteiger charge is 2.10. The molecule has 1 aromatic heterocycles. The van der Waals surface area contributed by atoms with Crippen molar-refractivity contribution in [1.82, 2.24) is 9.78 Å². The fourth-order valence-corrected chi connectivity index (χ4v) is 2.49. The first-order valence-corrected chi connectivity index (χ1v) is 7.19. The predicted octanol–water partition coefficient (Wildman–Crippen LogP) is 3.87. The van der Waals surface area contributed by atoms with Crippen molar-refractivity contribution in [2.75, 3.05) is 5.73 Å². The second-order valence-electron chi connectivity index (χ2n) is 4.76. The molecule has 3 aromatic rings. The van der Waals surface area contributed by atoms with Crippen LogP contribution in [0.4, 0.5) is 5.69 Å². The van der Waals surface area contributed by atoms with Crippen molar-refractivity contribution in [3.05, 3.63) is 53.2 Å². The highest BCUT2D eigenvalue weighted by Crippen LogP contribution is 2.28. The van der Waals surface area contributed by atoms with E-state index < -0.39 is 0 Å². The molecule has 2 N–H and O–H groups in total. The average Bonchev–Trinajstić information content (AvgIpc) is 2.86. The van der Waals surface area contributed by atoms with Gasteiger partial charge in [-0.05, 0) is 25.1 Å². The van der Waals surface area contributed by atoms with E-state index in [1.165, 1.54) is 0 Å². The lowest BCUT2D eigenvalue weighted by molar-refractivity contribution is 0.301. The highest BCUT2D eigenvalue weighted by atomic mass is 35.5. The monoisotopic (exact) mass is 301 g/mol. The van der Waals surface area contributed by atoms with Gasteiger partial charge >= 0.3 is 0 Å². The molecule has 0 fully saturated rings. The fourth-order valence-electron chi connectivity index (χ4n) is 2.32. The number of fused-ring (bicyclic) bond motifs is 1. The van der Waals surface area contributed by atoms with Gasteiger partial charge in [-0.25, -0.2) is 0 Å². The second-order valence-corrected chi connectivity index (χ2v) is 5.17.